The number of nitrogens with zero attached hydrogens (tertiary/aromatic N) is 1. The Balaban J connectivity index is 2.06. The van der Waals surface area contributed by atoms with Gasteiger partial charge in [-0.15, -0.1) is 0 Å². The molecular weight excluding hydrogens is 246 g/mol. The first-order chi connectivity index (χ1) is 9.69. The van der Waals surface area contributed by atoms with Crippen molar-refractivity contribution in [2.75, 3.05) is 21.2 Å². The molecule has 0 fully saturated rings. The number of rotatable bonds is 6. The summed E-state index contributed by atoms with van der Waals surface area (Å²) in [5.41, 5.74) is 4.17. The number of ether oxygens (including phenoxy) is 1. The Labute approximate surface area is 122 Å². The normalized spacial score (nSPS) is 10.8. The van der Waals surface area contributed by atoms with Gasteiger partial charge in [0.1, 0.15) is 5.75 Å². The van der Waals surface area contributed by atoms with Gasteiger partial charge < -0.3 is 9.64 Å². The van der Waals surface area contributed by atoms with Crippen molar-refractivity contribution in [2.24, 2.45) is 0 Å². The molecule has 0 aromatic heterocycles. The van der Waals surface area contributed by atoms with Crippen LogP contribution in [0, 0.1) is 0 Å². The summed E-state index contributed by atoms with van der Waals surface area (Å²) in [6.45, 7) is 0.994. The molecule has 0 spiro atoms. The summed E-state index contributed by atoms with van der Waals surface area (Å²) in [6, 6.07) is 17.0. The highest BCUT2D eigenvalue weighted by molar-refractivity contribution is 5.31. The van der Waals surface area contributed by atoms with E-state index in [1.165, 1.54) is 16.7 Å². The first-order valence-electron chi connectivity index (χ1n) is 7.03. The van der Waals surface area contributed by atoms with Gasteiger partial charge in [-0.25, -0.2) is 0 Å². The van der Waals surface area contributed by atoms with Gasteiger partial charge >= 0.3 is 0 Å². The smallest absolute Gasteiger partial charge is 0.119 e. The second kappa shape index (κ2) is 7.11. The summed E-state index contributed by atoms with van der Waals surface area (Å²) in [6.07, 6.45) is 2.11. The Morgan fingerprint density at radius 2 is 1.65 bits per heavy atom. The largest absolute Gasteiger partial charge is 0.497 e. The van der Waals surface area contributed by atoms with Crippen LogP contribution in [0.4, 0.5) is 0 Å². The zero-order chi connectivity index (χ0) is 14.4. The van der Waals surface area contributed by atoms with Gasteiger partial charge in [-0.05, 0) is 55.8 Å². The number of aryl methyl sites for hydroxylation is 2. The average molecular weight is 269 g/mol. The predicted molar refractivity (Wildman–Crippen MR) is 84.2 cm³/mol. The van der Waals surface area contributed by atoms with Crippen molar-refractivity contribution in [2.45, 2.75) is 19.4 Å². The van der Waals surface area contributed by atoms with Gasteiger partial charge in [0.2, 0.25) is 0 Å². The standard InChI is InChI=1S/C18H23NO/c1-19(2)14-17-9-5-4-8-16(17)12-11-15-7-6-10-18(13-15)20-3/h4-10,13H,11-12,14H2,1-3H3. The molecule has 2 aromatic carbocycles. The summed E-state index contributed by atoms with van der Waals surface area (Å²) >= 11 is 0. The van der Waals surface area contributed by atoms with Crippen LogP contribution in [0.3, 0.4) is 0 Å². The molecule has 2 heteroatoms. The predicted octanol–water partition coefficient (Wildman–Crippen LogP) is 3.54. The molecule has 0 N–H and O–H groups in total. The van der Waals surface area contributed by atoms with Crippen molar-refractivity contribution in [3.05, 3.63) is 65.2 Å². The lowest BCUT2D eigenvalue weighted by atomic mass is 9.99. The van der Waals surface area contributed by atoms with E-state index in [0.29, 0.717) is 0 Å². The van der Waals surface area contributed by atoms with Gasteiger partial charge in [0.15, 0.2) is 0 Å². The molecule has 0 saturated carbocycles. The van der Waals surface area contributed by atoms with Crippen molar-refractivity contribution >= 4 is 0 Å². The maximum Gasteiger partial charge on any atom is 0.119 e. The van der Waals surface area contributed by atoms with Crippen LogP contribution < -0.4 is 4.74 Å². The van der Waals surface area contributed by atoms with Crippen molar-refractivity contribution in [3.63, 3.8) is 0 Å². The zero-order valence-corrected chi connectivity index (χ0v) is 12.6. The van der Waals surface area contributed by atoms with Crippen LogP contribution in [0.5, 0.6) is 5.75 Å². The molecule has 0 bridgehead atoms. The fourth-order valence-electron chi connectivity index (χ4n) is 2.40. The second-order valence-corrected chi connectivity index (χ2v) is 5.36. The molecule has 0 aliphatic carbocycles. The van der Waals surface area contributed by atoms with E-state index in [4.69, 9.17) is 4.74 Å². The Hall–Kier alpha value is -1.80. The molecule has 2 aromatic rings. The zero-order valence-electron chi connectivity index (χ0n) is 12.6. The molecule has 0 unspecified atom stereocenters. The number of methoxy groups -OCH3 is 1. The molecule has 0 saturated heterocycles. The first-order valence-corrected chi connectivity index (χ1v) is 7.03. The molecule has 20 heavy (non-hydrogen) atoms. The highest BCUT2D eigenvalue weighted by Gasteiger charge is 2.04. The van der Waals surface area contributed by atoms with Crippen molar-refractivity contribution in [3.8, 4) is 5.75 Å². The first kappa shape index (κ1) is 14.6. The van der Waals surface area contributed by atoms with Gasteiger partial charge in [-0.1, -0.05) is 36.4 Å². The maximum absolute atomic E-state index is 5.28. The monoisotopic (exact) mass is 269 g/mol. The average Bonchev–Trinajstić information content (AvgIpc) is 2.46. The molecule has 106 valence electrons. The highest BCUT2D eigenvalue weighted by atomic mass is 16.5. The topological polar surface area (TPSA) is 12.5 Å². The molecule has 0 aliphatic heterocycles. The number of benzene rings is 2. The van der Waals surface area contributed by atoms with Gasteiger partial charge in [0.05, 0.1) is 7.11 Å². The van der Waals surface area contributed by atoms with E-state index < -0.39 is 0 Å². The summed E-state index contributed by atoms with van der Waals surface area (Å²) in [5, 5.41) is 0. The van der Waals surface area contributed by atoms with E-state index in [1.807, 2.05) is 6.07 Å². The van der Waals surface area contributed by atoms with E-state index in [1.54, 1.807) is 7.11 Å². The summed E-state index contributed by atoms with van der Waals surface area (Å²) < 4.78 is 5.28. The fourth-order valence-corrected chi connectivity index (χ4v) is 2.40. The van der Waals surface area contributed by atoms with E-state index in [-0.39, 0.29) is 0 Å². The maximum atomic E-state index is 5.28. The third kappa shape index (κ3) is 4.10. The molecule has 0 heterocycles. The van der Waals surface area contributed by atoms with Gasteiger partial charge in [0, 0.05) is 6.54 Å². The van der Waals surface area contributed by atoms with Gasteiger partial charge in [-0.3, -0.25) is 0 Å². The molecule has 2 rings (SSSR count). The second-order valence-electron chi connectivity index (χ2n) is 5.36. The van der Waals surface area contributed by atoms with Crippen molar-refractivity contribution in [1.82, 2.24) is 4.90 Å². The SMILES string of the molecule is COc1cccc(CCc2ccccc2CN(C)C)c1. The number of hydrogen-bond acceptors (Lipinski definition) is 2. The summed E-state index contributed by atoms with van der Waals surface area (Å²) in [5.74, 6) is 0.934. The molecular formula is C18H23NO. The quantitative estimate of drug-likeness (QED) is 0.795. The molecule has 0 aliphatic rings. The highest BCUT2D eigenvalue weighted by Crippen LogP contribution is 2.17. The Morgan fingerprint density at radius 3 is 2.35 bits per heavy atom. The number of hydrogen-bond donors (Lipinski definition) is 0. The van der Waals surface area contributed by atoms with Crippen LogP contribution in [0.1, 0.15) is 16.7 Å². The van der Waals surface area contributed by atoms with Crippen LogP contribution in [0.2, 0.25) is 0 Å². The van der Waals surface area contributed by atoms with Crippen LogP contribution in [0.15, 0.2) is 48.5 Å². The van der Waals surface area contributed by atoms with Gasteiger partial charge in [-0.2, -0.15) is 0 Å². The van der Waals surface area contributed by atoms with E-state index in [0.717, 1.165) is 25.1 Å². The van der Waals surface area contributed by atoms with Crippen LogP contribution >= 0.6 is 0 Å². The molecule has 0 atom stereocenters. The lowest BCUT2D eigenvalue weighted by molar-refractivity contribution is 0.401. The van der Waals surface area contributed by atoms with Crippen molar-refractivity contribution < 1.29 is 4.74 Å². The van der Waals surface area contributed by atoms with Crippen molar-refractivity contribution in [1.29, 1.82) is 0 Å². The minimum Gasteiger partial charge on any atom is -0.497 e. The Bertz CT molecular complexity index is 549. The summed E-state index contributed by atoms with van der Waals surface area (Å²) in [4.78, 5) is 2.21. The van der Waals surface area contributed by atoms with E-state index in [9.17, 15) is 0 Å². The summed E-state index contributed by atoms with van der Waals surface area (Å²) in [7, 11) is 5.93. The van der Waals surface area contributed by atoms with Gasteiger partial charge in [0.25, 0.3) is 0 Å². The molecule has 2 nitrogen and oxygen atoms in total. The van der Waals surface area contributed by atoms with E-state index >= 15 is 0 Å². The van der Waals surface area contributed by atoms with Crippen LogP contribution in [-0.2, 0) is 19.4 Å². The molecule has 0 radical (unpaired) electrons. The fraction of sp³-hybridized carbons (Fsp3) is 0.333. The van der Waals surface area contributed by atoms with E-state index in [2.05, 4.69) is 61.5 Å². The third-order valence-electron chi connectivity index (χ3n) is 3.42. The minimum absolute atomic E-state index is 0.934. The lowest BCUT2D eigenvalue weighted by Crippen LogP contribution is -2.12. The van der Waals surface area contributed by atoms with Crippen LogP contribution in [-0.4, -0.2) is 26.1 Å². The van der Waals surface area contributed by atoms with Crippen LogP contribution in [0.25, 0.3) is 0 Å². The lowest BCUT2D eigenvalue weighted by Gasteiger charge is -2.14. The Morgan fingerprint density at radius 1 is 0.900 bits per heavy atom. The minimum atomic E-state index is 0.934. The Kier molecular flexibility index (Phi) is 5.19. The molecule has 0 amide bonds. The third-order valence-corrected chi connectivity index (χ3v) is 3.42.